The van der Waals surface area contributed by atoms with E-state index in [1.807, 2.05) is 26.0 Å². The van der Waals surface area contributed by atoms with Crippen molar-refractivity contribution in [3.05, 3.63) is 24.3 Å². The van der Waals surface area contributed by atoms with Gasteiger partial charge in [-0.05, 0) is 19.3 Å². The molecule has 0 amide bonds. The summed E-state index contributed by atoms with van der Waals surface area (Å²) >= 11 is 0. The molecule has 1 N–H and O–H groups in total. The van der Waals surface area contributed by atoms with Crippen LogP contribution in [0.1, 0.15) is 20.3 Å². The van der Waals surface area contributed by atoms with Crippen molar-refractivity contribution in [3.8, 4) is 0 Å². The summed E-state index contributed by atoms with van der Waals surface area (Å²) in [5.41, 5.74) is 1.06. The smallest absolute Gasteiger partial charge is 0.0459 e. The van der Waals surface area contributed by atoms with E-state index in [0.717, 1.165) is 12.0 Å². The number of hydrogen-bond donors (Lipinski definition) is 1. The molecule has 0 radical (unpaired) electrons. The van der Waals surface area contributed by atoms with Gasteiger partial charge in [-0.25, -0.2) is 0 Å². The van der Waals surface area contributed by atoms with Crippen LogP contribution in [0.25, 0.3) is 0 Å². The van der Waals surface area contributed by atoms with Gasteiger partial charge in [0.1, 0.15) is 0 Å². The molecule has 10 heavy (non-hydrogen) atoms. The van der Waals surface area contributed by atoms with E-state index in [1.54, 1.807) is 0 Å². The lowest BCUT2D eigenvalue weighted by Crippen LogP contribution is -1.97. The van der Waals surface area contributed by atoms with Crippen molar-refractivity contribution >= 4 is 0 Å². The van der Waals surface area contributed by atoms with Gasteiger partial charge in [0.25, 0.3) is 0 Å². The molecule has 1 nitrogen and oxygen atoms in total. The number of rotatable bonds is 4. The van der Waals surface area contributed by atoms with Crippen LogP contribution in [-0.2, 0) is 0 Å². The van der Waals surface area contributed by atoms with Gasteiger partial charge in [-0.2, -0.15) is 0 Å². The van der Waals surface area contributed by atoms with Crippen LogP contribution in [0.5, 0.6) is 0 Å². The molecule has 0 aromatic heterocycles. The fourth-order valence-corrected chi connectivity index (χ4v) is 0.576. The molecule has 0 aliphatic heterocycles. The van der Waals surface area contributed by atoms with Crippen molar-refractivity contribution in [2.75, 3.05) is 6.61 Å². The van der Waals surface area contributed by atoms with Crippen LogP contribution in [0.15, 0.2) is 24.3 Å². The molecule has 1 atom stereocenters. The van der Waals surface area contributed by atoms with Crippen molar-refractivity contribution in [1.82, 2.24) is 0 Å². The predicted octanol–water partition coefficient (Wildman–Crippen LogP) is 2.14. The first-order chi connectivity index (χ1) is 4.66. The quantitative estimate of drug-likeness (QED) is 0.593. The molecule has 0 aliphatic rings. The number of aliphatic hydroxyl groups is 1. The third-order valence-electron chi connectivity index (χ3n) is 1.25. The van der Waals surface area contributed by atoms with Gasteiger partial charge in [0.05, 0.1) is 0 Å². The first-order valence-electron chi connectivity index (χ1n) is 3.59. The summed E-state index contributed by atoms with van der Waals surface area (Å²) in [4.78, 5) is 0. The molecule has 58 valence electrons. The molecule has 0 bridgehead atoms. The van der Waals surface area contributed by atoms with Crippen LogP contribution in [0.4, 0.5) is 0 Å². The van der Waals surface area contributed by atoms with E-state index in [0.29, 0.717) is 5.92 Å². The van der Waals surface area contributed by atoms with Crippen LogP contribution in [-0.4, -0.2) is 11.7 Å². The third kappa shape index (κ3) is 5.57. The normalized spacial score (nSPS) is 13.9. The van der Waals surface area contributed by atoms with Crippen molar-refractivity contribution in [2.24, 2.45) is 5.92 Å². The molecule has 0 aromatic rings. The predicted molar refractivity (Wildman–Crippen MR) is 44.8 cm³/mol. The standard InChI is InChI=1S/C9H16O/c1-8(2)5-4-6-9(3)7-10/h4-5,9-10H,1,6-7H2,2-3H3/b5-4+/t9-/m1/s1. The van der Waals surface area contributed by atoms with E-state index in [1.165, 1.54) is 0 Å². The zero-order chi connectivity index (χ0) is 7.98. The molecule has 0 unspecified atom stereocenters. The second-order valence-corrected chi connectivity index (χ2v) is 2.77. The van der Waals surface area contributed by atoms with Crippen LogP contribution >= 0.6 is 0 Å². The summed E-state index contributed by atoms with van der Waals surface area (Å²) in [7, 11) is 0. The average Bonchev–Trinajstić information content (AvgIpc) is 1.87. The maximum absolute atomic E-state index is 8.64. The Morgan fingerprint density at radius 2 is 2.30 bits per heavy atom. The minimum absolute atomic E-state index is 0.264. The third-order valence-corrected chi connectivity index (χ3v) is 1.25. The van der Waals surface area contributed by atoms with Gasteiger partial charge in [-0.3, -0.25) is 0 Å². The Morgan fingerprint density at radius 3 is 2.70 bits per heavy atom. The Morgan fingerprint density at radius 1 is 1.70 bits per heavy atom. The topological polar surface area (TPSA) is 20.2 Å². The molecule has 0 saturated heterocycles. The van der Waals surface area contributed by atoms with E-state index >= 15 is 0 Å². The minimum atomic E-state index is 0.264. The molecule has 0 saturated carbocycles. The Bertz CT molecular complexity index is 125. The monoisotopic (exact) mass is 140 g/mol. The molecular weight excluding hydrogens is 124 g/mol. The molecule has 0 spiro atoms. The Balaban J connectivity index is 3.43. The van der Waals surface area contributed by atoms with Crippen LogP contribution < -0.4 is 0 Å². The zero-order valence-corrected chi connectivity index (χ0v) is 6.80. The second-order valence-electron chi connectivity index (χ2n) is 2.77. The van der Waals surface area contributed by atoms with Crippen LogP contribution in [0.3, 0.4) is 0 Å². The van der Waals surface area contributed by atoms with Crippen molar-refractivity contribution < 1.29 is 5.11 Å². The van der Waals surface area contributed by atoms with Crippen molar-refractivity contribution in [2.45, 2.75) is 20.3 Å². The van der Waals surface area contributed by atoms with E-state index < -0.39 is 0 Å². The highest BCUT2D eigenvalue weighted by Gasteiger charge is 1.93. The van der Waals surface area contributed by atoms with E-state index in [9.17, 15) is 0 Å². The largest absolute Gasteiger partial charge is 0.396 e. The zero-order valence-electron chi connectivity index (χ0n) is 6.80. The van der Waals surface area contributed by atoms with Crippen LogP contribution in [0, 0.1) is 5.92 Å². The molecule has 0 fully saturated rings. The number of hydrogen-bond acceptors (Lipinski definition) is 1. The first-order valence-corrected chi connectivity index (χ1v) is 3.59. The Kier molecular flexibility index (Phi) is 4.95. The van der Waals surface area contributed by atoms with Gasteiger partial charge in [-0.15, -0.1) is 0 Å². The van der Waals surface area contributed by atoms with Crippen molar-refractivity contribution in [1.29, 1.82) is 0 Å². The summed E-state index contributed by atoms with van der Waals surface area (Å²) in [5.74, 6) is 0.371. The second kappa shape index (κ2) is 5.24. The summed E-state index contributed by atoms with van der Waals surface area (Å²) in [5, 5.41) is 8.64. The highest BCUT2D eigenvalue weighted by Crippen LogP contribution is 2.02. The van der Waals surface area contributed by atoms with Gasteiger partial charge >= 0.3 is 0 Å². The molecule has 0 rings (SSSR count). The lowest BCUT2D eigenvalue weighted by Gasteiger charge is -2.00. The highest BCUT2D eigenvalue weighted by molar-refractivity contribution is 5.10. The number of allylic oxidation sites excluding steroid dienone is 3. The van der Waals surface area contributed by atoms with Gasteiger partial charge in [0.2, 0.25) is 0 Å². The summed E-state index contributed by atoms with van der Waals surface area (Å²) < 4.78 is 0. The minimum Gasteiger partial charge on any atom is -0.396 e. The Hall–Kier alpha value is -0.560. The Labute approximate surface area is 63.1 Å². The van der Waals surface area contributed by atoms with E-state index in [4.69, 9.17) is 5.11 Å². The van der Waals surface area contributed by atoms with Crippen LogP contribution in [0.2, 0.25) is 0 Å². The van der Waals surface area contributed by atoms with E-state index in [-0.39, 0.29) is 6.61 Å². The van der Waals surface area contributed by atoms with Gasteiger partial charge < -0.3 is 5.11 Å². The molecule has 0 aromatic carbocycles. The highest BCUT2D eigenvalue weighted by atomic mass is 16.3. The fraction of sp³-hybridized carbons (Fsp3) is 0.556. The summed E-state index contributed by atoms with van der Waals surface area (Å²) in [6.45, 7) is 7.97. The van der Waals surface area contributed by atoms with E-state index in [2.05, 4.69) is 6.58 Å². The fourth-order valence-electron chi connectivity index (χ4n) is 0.576. The first kappa shape index (κ1) is 9.44. The van der Waals surface area contributed by atoms with Gasteiger partial charge in [0.15, 0.2) is 0 Å². The lowest BCUT2D eigenvalue weighted by atomic mass is 10.1. The SMILES string of the molecule is C=C(C)/C=C/C[C@@H](C)CO. The molecule has 1 heteroatoms. The van der Waals surface area contributed by atoms with Gasteiger partial charge in [0, 0.05) is 6.61 Å². The van der Waals surface area contributed by atoms with Crippen molar-refractivity contribution in [3.63, 3.8) is 0 Å². The number of aliphatic hydroxyl groups excluding tert-OH is 1. The summed E-state index contributed by atoms with van der Waals surface area (Å²) in [6, 6.07) is 0. The maximum Gasteiger partial charge on any atom is 0.0459 e. The maximum atomic E-state index is 8.64. The average molecular weight is 140 g/mol. The lowest BCUT2D eigenvalue weighted by molar-refractivity contribution is 0.239. The molecule has 0 aliphatic carbocycles. The molecular formula is C9H16O. The van der Waals surface area contributed by atoms with Gasteiger partial charge in [-0.1, -0.05) is 31.2 Å². The molecule has 0 heterocycles. The summed E-state index contributed by atoms with van der Waals surface area (Å²) in [6.07, 6.45) is 4.96.